The van der Waals surface area contributed by atoms with Gasteiger partial charge < -0.3 is 10.1 Å². The Balaban J connectivity index is 2.53. The maximum Gasteiger partial charge on any atom is 0.407 e. The Kier molecular flexibility index (Phi) is 3.56. The van der Waals surface area contributed by atoms with Crippen molar-refractivity contribution < 1.29 is 9.53 Å². The number of amides is 1. The van der Waals surface area contributed by atoms with Gasteiger partial charge in [0.25, 0.3) is 0 Å². The van der Waals surface area contributed by atoms with Crippen LogP contribution in [0, 0.1) is 11.3 Å². The van der Waals surface area contributed by atoms with Crippen LogP contribution in [0.4, 0.5) is 4.79 Å². The Morgan fingerprint density at radius 2 is 1.88 bits per heavy atom. The topological polar surface area (TPSA) is 38.3 Å². The minimum Gasteiger partial charge on any atom is -0.444 e. The Bertz CT molecular complexity index is 266. The molecule has 94 valence electrons. The summed E-state index contributed by atoms with van der Waals surface area (Å²) in [6.45, 7) is 12.3. The van der Waals surface area contributed by atoms with Crippen molar-refractivity contribution in [3.63, 3.8) is 0 Å². The molecule has 1 saturated carbocycles. The molecule has 0 saturated heterocycles. The van der Waals surface area contributed by atoms with Crippen molar-refractivity contribution in [3.8, 4) is 0 Å². The van der Waals surface area contributed by atoms with Gasteiger partial charge in [-0.25, -0.2) is 4.79 Å². The molecule has 1 aliphatic carbocycles. The summed E-state index contributed by atoms with van der Waals surface area (Å²) >= 11 is 0. The van der Waals surface area contributed by atoms with Crippen LogP contribution in [0.3, 0.4) is 0 Å². The van der Waals surface area contributed by atoms with Gasteiger partial charge >= 0.3 is 6.09 Å². The number of rotatable bonds is 1. The second-order valence-electron chi connectivity index (χ2n) is 6.50. The highest BCUT2D eigenvalue weighted by Gasteiger charge is 2.41. The molecule has 1 fully saturated rings. The summed E-state index contributed by atoms with van der Waals surface area (Å²) in [5.74, 6) is 0.646. The van der Waals surface area contributed by atoms with E-state index in [1.807, 2.05) is 20.8 Å². The van der Waals surface area contributed by atoms with Crippen molar-refractivity contribution in [1.29, 1.82) is 0 Å². The van der Waals surface area contributed by atoms with Gasteiger partial charge in [-0.1, -0.05) is 20.8 Å². The lowest BCUT2D eigenvalue weighted by atomic mass is 9.80. The molecule has 3 heteroatoms. The molecule has 0 aromatic heterocycles. The molecule has 0 heterocycles. The van der Waals surface area contributed by atoms with E-state index >= 15 is 0 Å². The first-order valence-electron chi connectivity index (χ1n) is 6.12. The Morgan fingerprint density at radius 1 is 1.31 bits per heavy atom. The molecule has 1 amide bonds. The molecule has 1 unspecified atom stereocenters. The quantitative estimate of drug-likeness (QED) is 0.746. The second kappa shape index (κ2) is 4.27. The van der Waals surface area contributed by atoms with E-state index in [0.29, 0.717) is 5.92 Å². The van der Waals surface area contributed by atoms with Crippen LogP contribution in [0.1, 0.15) is 54.4 Å². The third-order valence-corrected chi connectivity index (χ3v) is 3.75. The Hall–Kier alpha value is -0.730. The normalized spacial score (nSPS) is 28.9. The molecule has 2 atom stereocenters. The fraction of sp³-hybridized carbons (Fsp3) is 0.923. The van der Waals surface area contributed by atoms with E-state index in [0.717, 1.165) is 6.42 Å². The lowest BCUT2D eigenvalue weighted by Gasteiger charge is -2.32. The zero-order valence-electron chi connectivity index (χ0n) is 11.4. The summed E-state index contributed by atoms with van der Waals surface area (Å²) in [4.78, 5) is 11.7. The Morgan fingerprint density at radius 3 is 2.25 bits per heavy atom. The standard InChI is InChI=1S/C13H25NO2/c1-9-7-8-10(13(9,5)6)14-11(15)16-12(2,3)4/h9-10H,7-8H2,1-6H3,(H,14,15)/t9?,10-/m0/s1. The highest BCUT2D eigenvalue weighted by atomic mass is 16.6. The lowest BCUT2D eigenvalue weighted by Crippen LogP contribution is -2.45. The van der Waals surface area contributed by atoms with Crippen molar-refractivity contribution >= 4 is 6.09 Å². The molecule has 0 aliphatic heterocycles. The molecular weight excluding hydrogens is 202 g/mol. The minimum atomic E-state index is -0.418. The van der Waals surface area contributed by atoms with E-state index in [9.17, 15) is 4.79 Å². The van der Waals surface area contributed by atoms with E-state index in [-0.39, 0.29) is 17.6 Å². The first-order chi connectivity index (χ1) is 7.13. The number of hydrogen-bond acceptors (Lipinski definition) is 2. The first kappa shape index (κ1) is 13.3. The average molecular weight is 227 g/mol. The monoisotopic (exact) mass is 227 g/mol. The third-order valence-electron chi connectivity index (χ3n) is 3.75. The fourth-order valence-electron chi connectivity index (χ4n) is 2.21. The van der Waals surface area contributed by atoms with E-state index in [4.69, 9.17) is 4.74 Å². The van der Waals surface area contributed by atoms with Gasteiger partial charge in [0.05, 0.1) is 0 Å². The summed E-state index contributed by atoms with van der Waals surface area (Å²) in [6.07, 6.45) is 1.93. The highest BCUT2D eigenvalue weighted by Crippen LogP contribution is 2.42. The van der Waals surface area contributed by atoms with E-state index in [1.165, 1.54) is 6.42 Å². The van der Waals surface area contributed by atoms with Gasteiger partial charge in [-0.3, -0.25) is 0 Å². The van der Waals surface area contributed by atoms with Gasteiger partial charge in [0.1, 0.15) is 5.60 Å². The second-order valence-corrected chi connectivity index (χ2v) is 6.50. The van der Waals surface area contributed by atoms with Crippen LogP contribution < -0.4 is 5.32 Å². The predicted octanol–water partition coefficient (Wildman–Crippen LogP) is 3.34. The summed E-state index contributed by atoms with van der Waals surface area (Å²) < 4.78 is 5.28. The van der Waals surface area contributed by atoms with Crippen LogP contribution in [0.5, 0.6) is 0 Å². The largest absolute Gasteiger partial charge is 0.444 e. The van der Waals surface area contributed by atoms with E-state index in [1.54, 1.807) is 0 Å². The van der Waals surface area contributed by atoms with Crippen LogP contribution in [0.15, 0.2) is 0 Å². The van der Waals surface area contributed by atoms with Crippen molar-refractivity contribution in [3.05, 3.63) is 0 Å². The fourth-order valence-corrected chi connectivity index (χ4v) is 2.21. The van der Waals surface area contributed by atoms with Crippen molar-refractivity contribution in [2.45, 2.75) is 66.0 Å². The van der Waals surface area contributed by atoms with Gasteiger partial charge in [0.2, 0.25) is 0 Å². The number of alkyl carbamates (subject to hydrolysis) is 1. The maximum absolute atomic E-state index is 11.7. The van der Waals surface area contributed by atoms with E-state index < -0.39 is 5.60 Å². The van der Waals surface area contributed by atoms with Crippen molar-refractivity contribution in [2.24, 2.45) is 11.3 Å². The molecular formula is C13H25NO2. The van der Waals surface area contributed by atoms with Gasteiger partial charge in [0.15, 0.2) is 0 Å². The van der Waals surface area contributed by atoms with Crippen LogP contribution >= 0.6 is 0 Å². The summed E-state index contributed by atoms with van der Waals surface area (Å²) in [5.41, 5.74) is -0.255. The number of carbonyl (C=O) groups is 1. The van der Waals surface area contributed by atoms with Crippen molar-refractivity contribution in [1.82, 2.24) is 5.32 Å². The average Bonchev–Trinajstić information content (AvgIpc) is 2.28. The number of carbonyl (C=O) groups excluding carboxylic acids is 1. The van der Waals surface area contributed by atoms with Crippen LogP contribution in [-0.2, 0) is 4.74 Å². The molecule has 16 heavy (non-hydrogen) atoms. The molecule has 0 aromatic carbocycles. The molecule has 1 rings (SSSR count). The molecule has 0 aromatic rings. The molecule has 3 nitrogen and oxygen atoms in total. The van der Waals surface area contributed by atoms with Crippen LogP contribution in [0.2, 0.25) is 0 Å². The SMILES string of the molecule is CC1CC[C@H](NC(=O)OC(C)(C)C)C1(C)C. The molecule has 0 spiro atoms. The first-order valence-corrected chi connectivity index (χ1v) is 6.12. The van der Waals surface area contributed by atoms with E-state index in [2.05, 4.69) is 26.1 Å². The van der Waals surface area contributed by atoms with Gasteiger partial charge in [0, 0.05) is 6.04 Å². The summed E-state index contributed by atoms with van der Waals surface area (Å²) in [5, 5.41) is 2.99. The summed E-state index contributed by atoms with van der Waals surface area (Å²) in [6, 6.07) is 0.234. The number of nitrogens with one attached hydrogen (secondary N) is 1. The number of hydrogen-bond donors (Lipinski definition) is 1. The van der Waals surface area contributed by atoms with Crippen molar-refractivity contribution in [2.75, 3.05) is 0 Å². The smallest absolute Gasteiger partial charge is 0.407 e. The zero-order valence-corrected chi connectivity index (χ0v) is 11.4. The number of ether oxygens (including phenoxy) is 1. The van der Waals surface area contributed by atoms with Gasteiger partial charge in [-0.15, -0.1) is 0 Å². The molecule has 0 bridgehead atoms. The lowest BCUT2D eigenvalue weighted by molar-refractivity contribution is 0.0462. The predicted molar refractivity (Wildman–Crippen MR) is 65.3 cm³/mol. The summed E-state index contributed by atoms with van der Waals surface area (Å²) in [7, 11) is 0. The highest BCUT2D eigenvalue weighted by molar-refractivity contribution is 5.68. The zero-order chi connectivity index (χ0) is 12.6. The molecule has 1 N–H and O–H groups in total. The van der Waals surface area contributed by atoms with Crippen LogP contribution in [0.25, 0.3) is 0 Å². The Labute approximate surface area is 98.9 Å². The molecule has 0 radical (unpaired) electrons. The van der Waals surface area contributed by atoms with Crippen LogP contribution in [-0.4, -0.2) is 17.7 Å². The maximum atomic E-state index is 11.7. The molecule has 1 aliphatic rings. The minimum absolute atomic E-state index is 0.164. The van der Waals surface area contributed by atoms with Gasteiger partial charge in [-0.05, 0) is 44.9 Å². The van der Waals surface area contributed by atoms with Gasteiger partial charge in [-0.2, -0.15) is 0 Å². The third kappa shape index (κ3) is 3.13.